The van der Waals surface area contributed by atoms with Gasteiger partial charge in [-0.15, -0.1) is 6.58 Å². The van der Waals surface area contributed by atoms with E-state index in [-0.39, 0.29) is 51.4 Å². The Labute approximate surface area is 252 Å². The summed E-state index contributed by atoms with van der Waals surface area (Å²) in [6, 6.07) is 0. The number of unbranched alkanes of at least 4 members (excludes halogenated alkanes) is 4. The molecule has 36 heavy (non-hydrogen) atoms. The normalized spacial score (nSPS) is 11.0. The van der Waals surface area contributed by atoms with Gasteiger partial charge in [-0.2, -0.15) is 0 Å². The number of halogens is 12. The summed E-state index contributed by atoms with van der Waals surface area (Å²) in [5, 5.41) is 0. The van der Waals surface area contributed by atoms with Crippen molar-refractivity contribution in [3.05, 3.63) is 12.7 Å². The van der Waals surface area contributed by atoms with Crippen LogP contribution < -0.4 is 0 Å². The molecule has 0 aliphatic carbocycles. The van der Waals surface area contributed by atoms with Gasteiger partial charge in [0.1, 0.15) is 0 Å². The topological polar surface area (TPSA) is 0 Å². The van der Waals surface area contributed by atoms with E-state index in [2.05, 4.69) is 34.3 Å². The van der Waals surface area contributed by atoms with Crippen molar-refractivity contribution in [1.29, 1.82) is 0 Å². The van der Waals surface area contributed by atoms with E-state index in [1.807, 2.05) is 6.92 Å². The zero-order valence-corrected chi connectivity index (χ0v) is 21.5. The van der Waals surface area contributed by atoms with Gasteiger partial charge in [0.25, 0.3) is 0 Å². The van der Waals surface area contributed by atoms with E-state index in [1.54, 1.807) is 6.08 Å². The van der Waals surface area contributed by atoms with Gasteiger partial charge < -0.3 is 56.3 Å². The molecule has 0 saturated heterocycles. The van der Waals surface area contributed by atoms with Crippen LogP contribution in [-0.4, -0.2) is 104 Å². The maximum atomic E-state index is 9.75. The van der Waals surface area contributed by atoms with Crippen LogP contribution in [0, 0.1) is 0 Å². The molecule has 0 aromatic rings. The van der Waals surface area contributed by atoms with Crippen molar-refractivity contribution < 1.29 is 56.3 Å². The molecule has 0 unspecified atom stereocenters. The molecule has 0 aliphatic rings. The molecule has 0 atom stereocenters. The second-order valence-electron chi connectivity index (χ2n) is 7.54. The number of nitrogens with zero attached hydrogens (tertiary/aromatic N) is 1. The third-order valence-corrected chi connectivity index (χ3v) is 3.94. The number of hydrogen-bond acceptors (Lipinski definition) is 0. The van der Waals surface area contributed by atoms with Gasteiger partial charge >= 0.3 is 73.1 Å². The van der Waals surface area contributed by atoms with Crippen LogP contribution in [0.1, 0.15) is 86.0 Å². The Kier molecular flexibility index (Phi) is 41.7. The van der Waals surface area contributed by atoms with E-state index in [0.717, 1.165) is 0 Å². The quantitative estimate of drug-likeness (QED) is 0.0927. The van der Waals surface area contributed by atoms with Crippen LogP contribution in [0.15, 0.2) is 12.7 Å². The van der Waals surface area contributed by atoms with E-state index < -0.39 is 21.8 Å². The van der Waals surface area contributed by atoms with Gasteiger partial charge in [-0.3, -0.25) is 0 Å². The molecule has 0 bridgehead atoms. The van der Waals surface area contributed by atoms with Crippen molar-refractivity contribution >= 4 is 73.1 Å². The summed E-state index contributed by atoms with van der Waals surface area (Å²) in [5.41, 5.74) is 0. The molecule has 220 valence electrons. The van der Waals surface area contributed by atoms with E-state index in [9.17, 15) is 51.8 Å². The summed E-state index contributed by atoms with van der Waals surface area (Å²) in [5.74, 6) is 0. The Bertz CT molecular complexity index is 353. The molecule has 0 rings (SSSR count). The SMILES string of the molecule is C=CC.CCCC[N+](CCCC)(CCCC)CCCC.F[B-](F)(F)F.F[B-](F)(F)F.F[B-](F)(F)F.[KH]. The molecular weight excluding hydrogens is 542 g/mol. The molecule has 0 fully saturated rings. The fourth-order valence-electron chi connectivity index (χ4n) is 2.64. The molecule has 0 spiro atoms. The molecular formula is C19H43B3F12KN-2. The first-order valence-corrected chi connectivity index (χ1v) is 11.7. The van der Waals surface area contributed by atoms with E-state index in [0.29, 0.717) is 0 Å². The molecule has 1 nitrogen and oxygen atoms in total. The minimum absolute atomic E-state index is 0. The first kappa shape index (κ1) is 49.6. The van der Waals surface area contributed by atoms with Crippen LogP contribution in [-0.2, 0) is 0 Å². The Morgan fingerprint density at radius 2 is 0.611 bits per heavy atom. The van der Waals surface area contributed by atoms with Crippen molar-refractivity contribution in [2.45, 2.75) is 86.0 Å². The van der Waals surface area contributed by atoms with Crippen LogP contribution in [0.3, 0.4) is 0 Å². The average Bonchev–Trinajstić information content (AvgIpc) is 2.63. The van der Waals surface area contributed by atoms with Gasteiger partial charge in [0, 0.05) is 0 Å². The Hall–Kier alpha value is 0.691. The number of quaternary nitrogens is 1. The van der Waals surface area contributed by atoms with Gasteiger partial charge in [0.2, 0.25) is 0 Å². The minimum atomic E-state index is -6.00. The standard InChI is InChI=1S/C16H36N.C3H6.3BF4.K.H/c1-5-9-13-17(14-10-6-2,15-11-7-3)16-12-8-4;1-3-2;3*2-1(3,4)5;;/h5-16H2,1-4H3;3H,1H2,2H3;;;;;/q+1;;3*-1;;. The zero-order chi connectivity index (χ0) is 29.2. The molecule has 0 saturated carbocycles. The number of rotatable bonds is 12. The van der Waals surface area contributed by atoms with E-state index in [4.69, 9.17) is 0 Å². The predicted octanol–water partition coefficient (Wildman–Crippen LogP) is 9.45. The zero-order valence-electron chi connectivity index (χ0n) is 21.5. The molecule has 0 aromatic carbocycles. The molecule has 0 aliphatic heterocycles. The third-order valence-electron chi connectivity index (χ3n) is 3.94. The summed E-state index contributed by atoms with van der Waals surface area (Å²) < 4.78 is 118. The molecule has 0 N–H and O–H groups in total. The van der Waals surface area contributed by atoms with Gasteiger partial charge in [-0.05, 0) is 32.6 Å². The summed E-state index contributed by atoms with van der Waals surface area (Å²) in [6.07, 6.45) is 12.8. The van der Waals surface area contributed by atoms with E-state index >= 15 is 0 Å². The maximum absolute atomic E-state index is 9.75. The second kappa shape index (κ2) is 30.2. The van der Waals surface area contributed by atoms with Crippen LogP contribution in [0.5, 0.6) is 0 Å². The molecule has 0 heterocycles. The fourth-order valence-corrected chi connectivity index (χ4v) is 2.64. The van der Waals surface area contributed by atoms with Gasteiger partial charge in [-0.1, -0.05) is 59.5 Å². The first-order valence-electron chi connectivity index (χ1n) is 11.7. The van der Waals surface area contributed by atoms with Crippen molar-refractivity contribution in [3.8, 4) is 0 Å². The van der Waals surface area contributed by atoms with Crippen LogP contribution in [0.2, 0.25) is 0 Å². The van der Waals surface area contributed by atoms with Crippen LogP contribution in [0.25, 0.3) is 0 Å². The average molecular weight is 585 g/mol. The van der Waals surface area contributed by atoms with Crippen molar-refractivity contribution in [1.82, 2.24) is 0 Å². The third kappa shape index (κ3) is 92.0. The number of hydrogen-bond donors (Lipinski definition) is 0. The van der Waals surface area contributed by atoms with Gasteiger partial charge in [0.05, 0.1) is 26.2 Å². The van der Waals surface area contributed by atoms with Crippen molar-refractivity contribution in [2.24, 2.45) is 0 Å². The fraction of sp³-hybridized carbons (Fsp3) is 0.895. The first-order chi connectivity index (χ1) is 15.7. The van der Waals surface area contributed by atoms with Crippen molar-refractivity contribution in [2.75, 3.05) is 26.2 Å². The predicted molar refractivity (Wildman–Crippen MR) is 133 cm³/mol. The molecule has 17 heteroatoms. The number of allylic oxidation sites excluding steroid dienone is 1. The van der Waals surface area contributed by atoms with Crippen LogP contribution in [0.4, 0.5) is 51.8 Å². The summed E-state index contributed by atoms with van der Waals surface area (Å²) in [7, 11) is -18.0. The monoisotopic (exact) mass is 585 g/mol. The Morgan fingerprint density at radius 1 is 0.500 bits per heavy atom. The molecule has 0 aromatic heterocycles. The molecule has 0 radical (unpaired) electrons. The van der Waals surface area contributed by atoms with E-state index in [1.165, 1.54) is 82.0 Å². The molecule has 0 amide bonds. The van der Waals surface area contributed by atoms with Crippen molar-refractivity contribution in [3.63, 3.8) is 0 Å². The second-order valence-corrected chi connectivity index (χ2v) is 7.54. The Morgan fingerprint density at radius 3 is 0.694 bits per heavy atom. The van der Waals surface area contributed by atoms with Gasteiger partial charge in [-0.25, -0.2) is 0 Å². The summed E-state index contributed by atoms with van der Waals surface area (Å²) in [6.45, 7) is 20.3. The summed E-state index contributed by atoms with van der Waals surface area (Å²) in [4.78, 5) is 0. The Balaban J connectivity index is -0.0000000967. The van der Waals surface area contributed by atoms with Crippen LogP contribution >= 0.6 is 0 Å². The summed E-state index contributed by atoms with van der Waals surface area (Å²) >= 11 is 0. The van der Waals surface area contributed by atoms with Gasteiger partial charge in [0.15, 0.2) is 0 Å².